The third-order valence-electron chi connectivity index (χ3n) is 3.86. The van der Waals surface area contributed by atoms with Gasteiger partial charge in [0.15, 0.2) is 0 Å². The molecule has 0 N–H and O–H groups in total. The molecule has 1 aromatic heterocycles. The van der Waals surface area contributed by atoms with Crippen LogP contribution >= 0.6 is 11.6 Å². The smallest absolute Gasteiger partial charge is 0.310 e. The fourth-order valence-electron chi connectivity index (χ4n) is 2.77. The van der Waals surface area contributed by atoms with Crippen LogP contribution in [-0.4, -0.2) is 24.7 Å². The molecule has 0 amide bonds. The van der Waals surface area contributed by atoms with Crippen LogP contribution in [0.4, 0.5) is 0 Å². The first kappa shape index (κ1) is 19.0. The number of carbonyl (C=O) groups excluding carboxylic acids is 1. The van der Waals surface area contributed by atoms with Crippen molar-refractivity contribution < 1.29 is 14.3 Å². The molecule has 0 saturated carbocycles. The fourth-order valence-corrected chi connectivity index (χ4v) is 3.02. The highest BCUT2D eigenvalue weighted by molar-refractivity contribution is 6.30. The maximum atomic E-state index is 12.1. The highest BCUT2D eigenvalue weighted by Crippen LogP contribution is 2.27. The van der Waals surface area contributed by atoms with Crippen molar-refractivity contribution in [1.82, 2.24) is 4.98 Å². The van der Waals surface area contributed by atoms with Gasteiger partial charge in [0.2, 0.25) is 0 Å². The summed E-state index contributed by atoms with van der Waals surface area (Å²) in [5, 5.41) is 2.02. The Morgan fingerprint density at radius 3 is 2.64 bits per heavy atom. The first-order chi connectivity index (χ1) is 12.0. The molecule has 0 bridgehead atoms. The minimum Gasteiger partial charge on any atom is -0.497 e. The number of carbonyl (C=O) groups is 1. The van der Waals surface area contributed by atoms with Crippen molar-refractivity contribution in [3.63, 3.8) is 0 Å². The van der Waals surface area contributed by atoms with Gasteiger partial charge in [0.1, 0.15) is 10.9 Å². The lowest BCUT2D eigenvalue weighted by Crippen LogP contribution is -2.32. The summed E-state index contributed by atoms with van der Waals surface area (Å²) in [5.74, 6) is 0.405. The van der Waals surface area contributed by atoms with E-state index in [1.54, 1.807) is 14.0 Å². The van der Waals surface area contributed by atoms with Crippen LogP contribution in [0.15, 0.2) is 24.3 Å². The van der Waals surface area contributed by atoms with Crippen molar-refractivity contribution >= 4 is 29.7 Å². The number of hydrogen-bond acceptors (Lipinski definition) is 4. The second-order valence-electron chi connectivity index (χ2n) is 5.35. The molecule has 0 radical (unpaired) electrons. The Morgan fingerprint density at radius 1 is 1.28 bits per heavy atom. The molecule has 4 nitrogen and oxygen atoms in total. The van der Waals surface area contributed by atoms with Crippen molar-refractivity contribution in [2.45, 2.75) is 27.2 Å². The SMILES string of the molecule is CC=c1nc(Cl)c(CC(=O)OCC)c(-c2cccc(OC)c2)c1=CC. The predicted octanol–water partition coefficient (Wildman–Crippen LogP) is 3.12. The zero-order chi connectivity index (χ0) is 18.4. The lowest BCUT2D eigenvalue weighted by atomic mass is 9.96. The first-order valence-corrected chi connectivity index (χ1v) is 8.54. The Morgan fingerprint density at radius 2 is 2.04 bits per heavy atom. The maximum absolute atomic E-state index is 12.1. The molecule has 5 heteroatoms. The Balaban J connectivity index is 2.81. The van der Waals surface area contributed by atoms with E-state index < -0.39 is 0 Å². The summed E-state index contributed by atoms with van der Waals surface area (Å²) in [7, 11) is 1.62. The van der Waals surface area contributed by atoms with Crippen molar-refractivity contribution in [1.29, 1.82) is 0 Å². The van der Waals surface area contributed by atoms with Crippen LogP contribution in [0.3, 0.4) is 0 Å². The van der Waals surface area contributed by atoms with E-state index in [0.29, 0.717) is 17.3 Å². The molecule has 0 spiro atoms. The van der Waals surface area contributed by atoms with Gasteiger partial charge >= 0.3 is 5.97 Å². The number of methoxy groups -OCH3 is 1. The normalized spacial score (nSPS) is 12.4. The number of aromatic nitrogens is 1. The molecular formula is C20H22ClNO3. The summed E-state index contributed by atoms with van der Waals surface area (Å²) in [5.41, 5.74) is 2.45. The van der Waals surface area contributed by atoms with Crippen LogP contribution in [0.1, 0.15) is 26.3 Å². The summed E-state index contributed by atoms with van der Waals surface area (Å²) in [6.07, 6.45) is 3.94. The van der Waals surface area contributed by atoms with Crippen LogP contribution in [0.2, 0.25) is 5.15 Å². The lowest BCUT2D eigenvalue weighted by molar-refractivity contribution is -0.142. The first-order valence-electron chi connectivity index (χ1n) is 8.16. The standard InChI is InChI=1S/C20H22ClNO3/c1-5-15-17(6-2)22-20(21)16(12-18(23)25-7-3)19(15)13-9-8-10-14(11-13)24-4/h5-6,8-11H,7,12H2,1-4H3. The topological polar surface area (TPSA) is 48.4 Å². The zero-order valence-corrected chi connectivity index (χ0v) is 15.7. The van der Waals surface area contributed by atoms with Crippen molar-refractivity contribution in [2.75, 3.05) is 13.7 Å². The third kappa shape index (κ3) is 4.20. The van der Waals surface area contributed by atoms with E-state index in [1.807, 2.05) is 50.3 Å². The summed E-state index contributed by atoms with van der Waals surface area (Å²) in [6, 6.07) is 7.67. The van der Waals surface area contributed by atoms with Crippen LogP contribution in [0.5, 0.6) is 5.75 Å². The highest BCUT2D eigenvalue weighted by atomic mass is 35.5. The van der Waals surface area contributed by atoms with Gasteiger partial charge in [-0.1, -0.05) is 35.9 Å². The van der Waals surface area contributed by atoms with Crippen molar-refractivity contribution in [3.05, 3.63) is 45.5 Å². The molecule has 0 atom stereocenters. The molecule has 0 aliphatic heterocycles. The minimum atomic E-state index is -0.328. The molecule has 0 saturated heterocycles. The van der Waals surface area contributed by atoms with Gasteiger partial charge in [0, 0.05) is 10.8 Å². The van der Waals surface area contributed by atoms with Crippen molar-refractivity contribution in [2.24, 2.45) is 0 Å². The Kier molecular flexibility index (Phi) is 6.59. The van der Waals surface area contributed by atoms with E-state index in [9.17, 15) is 4.79 Å². The molecule has 0 aliphatic carbocycles. The molecule has 0 unspecified atom stereocenters. The number of benzene rings is 1. The van der Waals surface area contributed by atoms with Crippen LogP contribution < -0.4 is 15.3 Å². The number of rotatable bonds is 5. The number of nitrogens with zero attached hydrogens (tertiary/aromatic N) is 1. The van der Waals surface area contributed by atoms with Crippen LogP contribution in [0, 0.1) is 0 Å². The summed E-state index contributed by atoms with van der Waals surface area (Å²) in [6.45, 7) is 5.95. The second-order valence-corrected chi connectivity index (χ2v) is 5.70. The lowest BCUT2D eigenvalue weighted by Gasteiger charge is -2.14. The van der Waals surface area contributed by atoms with E-state index in [4.69, 9.17) is 21.1 Å². The van der Waals surface area contributed by atoms with Crippen LogP contribution in [0.25, 0.3) is 23.3 Å². The average Bonchev–Trinajstić information content (AvgIpc) is 2.62. The molecule has 2 aromatic rings. The molecule has 1 aromatic carbocycles. The highest BCUT2D eigenvalue weighted by Gasteiger charge is 2.17. The number of ether oxygens (including phenoxy) is 2. The maximum Gasteiger partial charge on any atom is 0.310 e. The van der Waals surface area contributed by atoms with Crippen molar-refractivity contribution in [3.8, 4) is 16.9 Å². The molecular weight excluding hydrogens is 338 g/mol. The van der Waals surface area contributed by atoms with Gasteiger partial charge in [0.25, 0.3) is 0 Å². The monoisotopic (exact) mass is 359 g/mol. The molecule has 2 rings (SSSR count). The van der Waals surface area contributed by atoms with Crippen LogP contribution in [-0.2, 0) is 16.0 Å². The number of halogens is 1. The Hall–Kier alpha value is -2.33. The van der Waals surface area contributed by atoms with E-state index >= 15 is 0 Å². The van der Waals surface area contributed by atoms with Gasteiger partial charge in [-0.15, -0.1) is 0 Å². The van der Waals surface area contributed by atoms with Gasteiger partial charge in [-0.3, -0.25) is 4.79 Å². The van der Waals surface area contributed by atoms with E-state index in [2.05, 4.69) is 4.98 Å². The Labute approximate surface area is 152 Å². The number of hydrogen-bond donors (Lipinski definition) is 0. The van der Waals surface area contributed by atoms with Gasteiger partial charge < -0.3 is 9.47 Å². The van der Waals surface area contributed by atoms with E-state index in [-0.39, 0.29) is 12.4 Å². The molecule has 132 valence electrons. The fraction of sp³-hybridized carbons (Fsp3) is 0.300. The zero-order valence-electron chi connectivity index (χ0n) is 14.9. The largest absolute Gasteiger partial charge is 0.497 e. The molecule has 1 heterocycles. The van der Waals surface area contributed by atoms with Gasteiger partial charge in [-0.05, 0) is 44.0 Å². The quantitative estimate of drug-likeness (QED) is 0.608. The average molecular weight is 360 g/mol. The van der Waals surface area contributed by atoms with Gasteiger partial charge in [0.05, 0.1) is 25.5 Å². The molecule has 0 aliphatic rings. The number of esters is 1. The molecule has 0 fully saturated rings. The second kappa shape index (κ2) is 8.67. The Bertz CT molecular complexity index is 891. The molecule has 25 heavy (non-hydrogen) atoms. The number of pyridine rings is 1. The van der Waals surface area contributed by atoms with E-state index in [0.717, 1.165) is 27.4 Å². The summed E-state index contributed by atoms with van der Waals surface area (Å²) < 4.78 is 10.4. The predicted molar refractivity (Wildman–Crippen MR) is 101 cm³/mol. The minimum absolute atomic E-state index is 0.0665. The van der Waals surface area contributed by atoms with Gasteiger partial charge in [-0.2, -0.15) is 0 Å². The third-order valence-corrected chi connectivity index (χ3v) is 4.17. The summed E-state index contributed by atoms with van der Waals surface area (Å²) >= 11 is 6.43. The van der Waals surface area contributed by atoms with Gasteiger partial charge in [-0.25, -0.2) is 4.98 Å². The van der Waals surface area contributed by atoms with E-state index in [1.165, 1.54) is 0 Å². The summed E-state index contributed by atoms with van der Waals surface area (Å²) in [4.78, 5) is 16.5.